The minimum absolute atomic E-state index is 0.00622. The minimum Gasteiger partial charge on any atom is -0.348 e. The van der Waals surface area contributed by atoms with Crippen molar-refractivity contribution in [1.29, 1.82) is 0 Å². The standard InChI is InChI=1S/C20H35NO3/c1-7-15(3)12-10-9-11-13-18-17(14-23-20(5,6)24-18)21-19(22)16(4)8-2/h11-13,16-18H,7-10,14H2,1-6H3,(H,21,22)/b13-11+,15-12+. The van der Waals surface area contributed by atoms with Crippen LogP contribution in [0.4, 0.5) is 0 Å². The molecule has 1 rings (SSSR count). The maximum atomic E-state index is 12.2. The molecule has 3 unspecified atom stereocenters. The van der Waals surface area contributed by atoms with Gasteiger partial charge in [0.1, 0.15) is 6.10 Å². The molecular weight excluding hydrogens is 302 g/mol. The molecule has 4 nitrogen and oxygen atoms in total. The predicted molar refractivity (Wildman–Crippen MR) is 98.7 cm³/mol. The number of ether oxygens (including phenoxy) is 2. The van der Waals surface area contributed by atoms with Gasteiger partial charge in [0.15, 0.2) is 5.79 Å². The summed E-state index contributed by atoms with van der Waals surface area (Å²) in [5, 5.41) is 3.07. The van der Waals surface area contributed by atoms with Crippen molar-refractivity contribution in [1.82, 2.24) is 5.32 Å². The highest BCUT2D eigenvalue weighted by Crippen LogP contribution is 2.24. The number of carbonyl (C=O) groups excluding carboxylic acids is 1. The molecule has 1 saturated heterocycles. The van der Waals surface area contributed by atoms with Crippen LogP contribution < -0.4 is 5.32 Å². The Morgan fingerprint density at radius 1 is 1.33 bits per heavy atom. The third-order valence-corrected chi connectivity index (χ3v) is 4.52. The number of amides is 1. The van der Waals surface area contributed by atoms with E-state index in [9.17, 15) is 4.79 Å². The van der Waals surface area contributed by atoms with E-state index < -0.39 is 5.79 Å². The molecule has 1 aliphatic rings. The van der Waals surface area contributed by atoms with Gasteiger partial charge in [-0.25, -0.2) is 0 Å². The van der Waals surface area contributed by atoms with E-state index in [1.54, 1.807) is 0 Å². The fraction of sp³-hybridized carbons (Fsp3) is 0.750. The van der Waals surface area contributed by atoms with Crippen molar-refractivity contribution < 1.29 is 14.3 Å². The van der Waals surface area contributed by atoms with Crippen LogP contribution in [-0.2, 0) is 14.3 Å². The first kappa shape index (κ1) is 20.9. The molecule has 24 heavy (non-hydrogen) atoms. The molecule has 0 radical (unpaired) electrons. The summed E-state index contributed by atoms with van der Waals surface area (Å²) in [5.41, 5.74) is 1.42. The molecule has 3 atom stereocenters. The Labute approximate surface area is 147 Å². The molecule has 4 heteroatoms. The quantitative estimate of drug-likeness (QED) is 0.529. The van der Waals surface area contributed by atoms with E-state index >= 15 is 0 Å². The highest BCUT2D eigenvalue weighted by Gasteiger charge is 2.36. The smallest absolute Gasteiger partial charge is 0.223 e. The number of carbonyl (C=O) groups is 1. The van der Waals surface area contributed by atoms with E-state index in [1.165, 1.54) is 5.57 Å². The number of rotatable bonds is 8. The monoisotopic (exact) mass is 337 g/mol. The van der Waals surface area contributed by atoms with Gasteiger partial charge in [0.05, 0.1) is 12.6 Å². The van der Waals surface area contributed by atoms with Crippen molar-refractivity contribution in [2.75, 3.05) is 6.61 Å². The average molecular weight is 338 g/mol. The fourth-order valence-electron chi connectivity index (χ4n) is 2.44. The number of hydrogen-bond donors (Lipinski definition) is 1. The Balaban J connectivity index is 2.63. The van der Waals surface area contributed by atoms with Crippen molar-refractivity contribution >= 4 is 5.91 Å². The van der Waals surface area contributed by atoms with Crippen LogP contribution in [0.5, 0.6) is 0 Å². The topological polar surface area (TPSA) is 47.6 Å². The highest BCUT2D eigenvalue weighted by atomic mass is 16.7. The molecule has 0 aromatic carbocycles. The summed E-state index contributed by atoms with van der Waals surface area (Å²) in [6, 6.07) is -0.135. The Morgan fingerprint density at radius 2 is 2.04 bits per heavy atom. The summed E-state index contributed by atoms with van der Waals surface area (Å²) in [5.74, 6) is -0.549. The molecular formula is C20H35NO3. The van der Waals surface area contributed by atoms with Crippen molar-refractivity contribution in [2.45, 2.75) is 85.2 Å². The molecule has 0 aliphatic carbocycles. The van der Waals surface area contributed by atoms with Crippen LogP contribution >= 0.6 is 0 Å². The second-order valence-corrected chi connectivity index (χ2v) is 7.13. The highest BCUT2D eigenvalue weighted by molar-refractivity contribution is 5.78. The van der Waals surface area contributed by atoms with Gasteiger partial charge in [0, 0.05) is 5.92 Å². The van der Waals surface area contributed by atoms with Crippen molar-refractivity contribution in [3.8, 4) is 0 Å². The second-order valence-electron chi connectivity index (χ2n) is 7.13. The zero-order valence-electron chi connectivity index (χ0n) is 16.2. The molecule has 1 fully saturated rings. The zero-order chi connectivity index (χ0) is 18.2. The molecule has 0 aromatic rings. The SMILES string of the molecule is CC/C(C)=C/CC/C=C/C1OC(C)(C)OCC1NC(=O)C(C)CC. The van der Waals surface area contributed by atoms with Crippen molar-refractivity contribution in [3.05, 3.63) is 23.8 Å². The first-order valence-electron chi connectivity index (χ1n) is 9.23. The average Bonchev–Trinajstić information content (AvgIpc) is 2.55. The molecule has 138 valence electrons. The van der Waals surface area contributed by atoms with Gasteiger partial charge >= 0.3 is 0 Å². The third-order valence-electron chi connectivity index (χ3n) is 4.52. The molecule has 0 saturated carbocycles. The Morgan fingerprint density at radius 3 is 2.67 bits per heavy atom. The van der Waals surface area contributed by atoms with Gasteiger partial charge in [-0.15, -0.1) is 0 Å². The van der Waals surface area contributed by atoms with E-state index in [0.717, 1.165) is 25.7 Å². The van der Waals surface area contributed by atoms with E-state index in [-0.39, 0.29) is 24.0 Å². The Bertz CT molecular complexity index is 454. The molecule has 1 N–H and O–H groups in total. The normalized spacial score (nSPS) is 25.7. The Kier molecular flexibility index (Phi) is 8.71. The van der Waals surface area contributed by atoms with Gasteiger partial charge < -0.3 is 14.8 Å². The molecule has 0 aromatic heterocycles. The van der Waals surface area contributed by atoms with Crippen LogP contribution in [0.3, 0.4) is 0 Å². The van der Waals surface area contributed by atoms with E-state index in [4.69, 9.17) is 9.47 Å². The summed E-state index contributed by atoms with van der Waals surface area (Å²) in [6.07, 6.45) is 10.3. The van der Waals surface area contributed by atoms with Crippen LogP contribution in [0.1, 0.15) is 67.2 Å². The molecule has 0 spiro atoms. The summed E-state index contributed by atoms with van der Waals surface area (Å²) in [4.78, 5) is 12.2. The summed E-state index contributed by atoms with van der Waals surface area (Å²) in [7, 11) is 0. The first-order valence-corrected chi connectivity index (χ1v) is 9.23. The molecule has 1 aliphatic heterocycles. The van der Waals surface area contributed by atoms with Gasteiger partial charge in [-0.2, -0.15) is 0 Å². The Hall–Kier alpha value is -1.13. The summed E-state index contributed by atoms with van der Waals surface area (Å²) in [6.45, 7) is 12.6. The van der Waals surface area contributed by atoms with E-state index in [2.05, 4.69) is 37.4 Å². The van der Waals surface area contributed by atoms with Gasteiger partial charge in [-0.3, -0.25) is 4.79 Å². The lowest BCUT2D eigenvalue weighted by atomic mass is 10.0. The molecule has 1 amide bonds. The maximum absolute atomic E-state index is 12.2. The lowest BCUT2D eigenvalue weighted by Crippen LogP contribution is -2.56. The number of nitrogens with one attached hydrogen (secondary N) is 1. The lowest BCUT2D eigenvalue weighted by Gasteiger charge is -2.40. The van der Waals surface area contributed by atoms with Crippen molar-refractivity contribution in [2.24, 2.45) is 5.92 Å². The van der Waals surface area contributed by atoms with Crippen LogP contribution in [0.15, 0.2) is 23.8 Å². The summed E-state index contributed by atoms with van der Waals surface area (Å²) >= 11 is 0. The minimum atomic E-state index is -0.620. The maximum Gasteiger partial charge on any atom is 0.223 e. The largest absolute Gasteiger partial charge is 0.348 e. The fourth-order valence-corrected chi connectivity index (χ4v) is 2.44. The van der Waals surface area contributed by atoms with Crippen LogP contribution in [0.2, 0.25) is 0 Å². The van der Waals surface area contributed by atoms with E-state index in [0.29, 0.717) is 6.61 Å². The van der Waals surface area contributed by atoms with Crippen LogP contribution in [0.25, 0.3) is 0 Å². The number of hydrogen-bond acceptors (Lipinski definition) is 3. The van der Waals surface area contributed by atoms with E-state index in [1.807, 2.05) is 27.7 Å². The van der Waals surface area contributed by atoms with Gasteiger partial charge in [-0.05, 0) is 46.5 Å². The van der Waals surface area contributed by atoms with Gasteiger partial charge in [0.2, 0.25) is 5.91 Å². The number of allylic oxidation sites excluding steroid dienone is 3. The molecule has 1 heterocycles. The van der Waals surface area contributed by atoms with Crippen LogP contribution in [-0.4, -0.2) is 30.4 Å². The lowest BCUT2D eigenvalue weighted by molar-refractivity contribution is -0.271. The molecule has 0 bridgehead atoms. The zero-order valence-corrected chi connectivity index (χ0v) is 16.2. The summed E-state index contributed by atoms with van der Waals surface area (Å²) < 4.78 is 11.7. The predicted octanol–water partition coefficient (Wildman–Crippen LogP) is 4.36. The van der Waals surface area contributed by atoms with Crippen LogP contribution in [0, 0.1) is 5.92 Å². The van der Waals surface area contributed by atoms with Gasteiger partial charge in [-0.1, -0.05) is 44.6 Å². The second kappa shape index (κ2) is 10.00. The number of unbranched alkanes of at least 4 members (excludes halogenated alkanes) is 1. The first-order chi connectivity index (χ1) is 11.3. The third kappa shape index (κ3) is 7.18. The van der Waals surface area contributed by atoms with Gasteiger partial charge in [0.25, 0.3) is 0 Å². The van der Waals surface area contributed by atoms with Crippen molar-refractivity contribution in [3.63, 3.8) is 0 Å².